The predicted octanol–water partition coefficient (Wildman–Crippen LogP) is 4.74. The fourth-order valence-corrected chi connectivity index (χ4v) is 3.46. The van der Waals surface area contributed by atoms with E-state index < -0.39 is 0 Å². The second-order valence-electron chi connectivity index (χ2n) is 7.56. The number of benzene rings is 1. The van der Waals surface area contributed by atoms with Gasteiger partial charge in [0.25, 0.3) is 5.91 Å². The summed E-state index contributed by atoms with van der Waals surface area (Å²) >= 11 is 0. The van der Waals surface area contributed by atoms with Gasteiger partial charge in [-0.2, -0.15) is 5.10 Å². The summed E-state index contributed by atoms with van der Waals surface area (Å²) in [5.41, 5.74) is 4.11. The van der Waals surface area contributed by atoms with Crippen LogP contribution in [0.25, 0.3) is 22.2 Å². The monoisotopic (exact) mass is 399 g/mol. The van der Waals surface area contributed by atoms with E-state index in [1.165, 1.54) is 0 Å². The Balaban J connectivity index is 1.77. The zero-order valence-electron chi connectivity index (χ0n) is 17.5. The van der Waals surface area contributed by atoms with Gasteiger partial charge in [-0.15, -0.1) is 0 Å². The topological polar surface area (TPSA) is 63.9 Å². The SMILES string of the molecule is CCN(Cc1cccnc1)C(=O)c1cc(-c2cnn(C(C)C)c2)nc2ccccc12. The molecular weight excluding hydrogens is 374 g/mol. The third kappa shape index (κ3) is 3.94. The smallest absolute Gasteiger partial charge is 0.254 e. The number of hydrogen-bond acceptors (Lipinski definition) is 4. The third-order valence-electron chi connectivity index (χ3n) is 5.14. The van der Waals surface area contributed by atoms with Gasteiger partial charge >= 0.3 is 0 Å². The summed E-state index contributed by atoms with van der Waals surface area (Å²) in [6.07, 6.45) is 7.32. The van der Waals surface area contributed by atoms with E-state index in [1.807, 2.05) is 65.2 Å². The number of hydrogen-bond donors (Lipinski definition) is 0. The quantitative estimate of drug-likeness (QED) is 0.470. The number of amides is 1. The molecule has 0 fully saturated rings. The lowest BCUT2D eigenvalue weighted by Crippen LogP contribution is -2.30. The van der Waals surface area contributed by atoms with Crippen molar-refractivity contribution in [1.29, 1.82) is 0 Å². The van der Waals surface area contributed by atoms with Crippen LogP contribution in [-0.4, -0.2) is 37.1 Å². The molecule has 4 rings (SSSR count). The fourth-order valence-electron chi connectivity index (χ4n) is 3.46. The van der Waals surface area contributed by atoms with Gasteiger partial charge in [0.05, 0.1) is 23.0 Å². The summed E-state index contributed by atoms with van der Waals surface area (Å²) in [5, 5.41) is 5.28. The standard InChI is InChI=1S/C24H25N5O/c1-4-28(15-18-8-7-11-25-13-18)24(30)21-12-23(19-14-26-29(16-19)17(2)3)27-22-10-6-5-9-20(21)22/h5-14,16-17H,4,15H2,1-3H3. The van der Waals surface area contributed by atoms with Crippen molar-refractivity contribution >= 4 is 16.8 Å². The highest BCUT2D eigenvalue weighted by atomic mass is 16.2. The minimum absolute atomic E-state index is 0.0162. The van der Waals surface area contributed by atoms with Crippen molar-refractivity contribution in [3.8, 4) is 11.3 Å². The van der Waals surface area contributed by atoms with Gasteiger partial charge in [-0.05, 0) is 44.5 Å². The first-order valence-corrected chi connectivity index (χ1v) is 10.2. The number of nitrogens with zero attached hydrogens (tertiary/aromatic N) is 5. The molecule has 1 aromatic carbocycles. The Kier molecular flexibility index (Phi) is 5.57. The van der Waals surface area contributed by atoms with E-state index in [0.29, 0.717) is 18.7 Å². The molecule has 0 radical (unpaired) electrons. The third-order valence-corrected chi connectivity index (χ3v) is 5.14. The van der Waals surface area contributed by atoms with Crippen molar-refractivity contribution in [2.45, 2.75) is 33.4 Å². The van der Waals surface area contributed by atoms with E-state index in [-0.39, 0.29) is 11.9 Å². The van der Waals surface area contributed by atoms with Gasteiger partial charge in [0.1, 0.15) is 0 Å². The number of aromatic nitrogens is 4. The van der Waals surface area contributed by atoms with Gasteiger partial charge in [-0.1, -0.05) is 24.3 Å². The summed E-state index contributed by atoms with van der Waals surface area (Å²) in [4.78, 5) is 24.3. The van der Waals surface area contributed by atoms with Crippen LogP contribution in [0.1, 0.15) is 42.7 Å². The molecule has 0 N–H and O–H groups in total. The lowest BCUT2D eigenvalue weighted by atomic mass is 10.0. The van der Waals surface area contributed by atoms with Crippen LogP contribution in [0.2, 0.25) is 0 Å². The molecule has 152 valence electrons. The lowest BCUT2D eigenvalue weighted by molar-refractivity contribution is 0.0754. The Morgan fingerprint density at radius 3 is 2.67 bits per heavy atom. The van der Waals surface area contributed by atoms with E-state index in [4.69, 9.17) is 4.98 Å². The maximum absolute atomic E-state index is 13.5. The minimum atomic E-state index is -0.0162. The summed E-state index contributed by atoms with van der Waals surface area (Å²) in [5.74, 6) is -0.0162. The average Bonchev–Trinajstić information content (AvgIpc) is 3.28. The number of fused-ring (bicyclic) bond motifs is 1. The van der Waals surface area contributed by atoms with E-state index in [9.17, 15) is 4.79 Å². The van der Waals surface area contributed by atoms with Crippen LogP contribution in [0.15, 0.2) is 67.3 Å². The fraction of sp³-hybridized carbons (Fsp3) is 0.250. The molecule has 6 heteroatoms. The molecule has 0 spiro atoms. The Bertz CT molecular complexity index is 1170. The molecule has 4 aromatic rings. The molecular formula is C24H25N5O. The molecule has 0 aliphatic heterocycles. The van der Waals surface area contributed by atoms with Gasteiger partial charge in [-0.3, -0.25) is 14.5 Å². The second-order valence-corrected chi connectivity index (χ2v) is 7.56. The first kappa shape index (κ1) is 19.8. The van der Waals surface area contributed by atoms with Crippen molar-refractivity contribution in [3.63, 3.8) is 0 Å². The summed E-state index contributed by atoms with van der Waals surface area (Å²) in [7, 11) is 0. The van der Waals surface area contributed by atoms with Crippen LogP contribution in [0.4, 0.5) is 0 Å². The van der Waals surface area contributed by atoms with Gasteiger partial charge < -0.3 is 4.90 Å². The van der Waals surface area contributed by atoms with Crippen LogP contribution >= 0.6 is 0 Å². The Morgan fingerprint density at radius 1 is 1.13 bits per heavy atom. The number of carbonyl (C=O) groups excluding carboxylic acids is 1. The highest BCUT2D eigenvalue weighted by Crippen LogP contribution is 2.26. The summed E-state index contributed by atoms with van der Waals surface area (Å²) in [6, 6.07) is 13.8. The molecule has 1 amide bonds. The molecule has 0 aliphatic rings. The average molecular weight is 399 g/mol. The minimum Gasteiger partial charge on any atom is -0.335 e. The van der Waals surface area contributed by atoms with Crippen LogP contribution < -0.4 is 0 Å². The number of rotatable bonds is 6. The van der Waals surface area contributed by atoms with Crippen molar-refractivity contribution in [2.75, 3.05) is 6.54 Å². The van der Waals surface area contributed by atoms with Gasteiger partial charge in [0.2, 0.25) is 0 Å². The van der Waals surface area contributed by atoms with Crippen molar-refractivity contribution < 1.29 is 4.79 Å². The van der Waals surface area contributed by atoms with Crippen LogP contribution in [-0.2, 0) is 6.54 Å². The maximum atomic E-state index is 13.5. The highest BCUT2D eigenvalue weighted by molar-refractivity contribution is 6.07. The van der Waals surface area contributed by atoms with E-state index in [0.717, 1.165) is 27.7 Å². The molecule has 3 heterocycles. The second kappa shape index (κ2) is 8.45. The number of pyridine rings is 2. The molecule has 0 saturated carbocycles. The molecule has 0 atom stereocenters. The molecule has 0 aliphatic carbocycles. The van der Waals surface area contributed by atoms with Crippen LogP contribution in [0.3, 0.4) is 0 Å². The van der Waals surface area contributed by atoms with E-state index in [2.05, 4.69) is 23.9 Å². The van der Waals surface area contributed by atoms with E-state index in [1.54, 1.807) is 18.6 Å². The highest BCUT2D eigenvalue weighted by Gasteiger charge is 2.20. The van der Waals surface area contributed by atoms with E-state index >= 15 is 0 Å². The van der Waals surface area contributed by atoms with Crippen molar-refractivity contribution in [2.24, 2.45) is 0 Å². The van der Waals surface area contributed by atoms with Gasteiger partial charge in [-0.25, -0.2) is 4.98 Å². The van der Waals surface area contributed by atoms with Crippen LogP contribution in [0.5, 0.6) is 0 Å². The molecule has 0 unspecified atom stereocenters. The predicted molar refractivity (Wildman–Crippen MR) is 118 cm³/mol. The first-order valence-electron chi connectivity index (χ1n) is 10.2. The van der Waals surface area contributed by atoms with Gasteiger partial charge in [0.15, 0.2) is 0 Å². The zero-order valence-corrected chi connectivity index (χ0v) is 17.5. The Labute approximate surface area is 176 Å². The largest absolute Gasteiger partial charge is 0.335 e. The zero-order chi connectivity index (χ0) is 21.1. The van der Waals surface area contributed by atoms with Crippen molar-refractivity contribution in [3.05, 3.63) is 78.4 Å². The number of para-hydroxylation sites is 1. The first-order chi connectivity index (χ1) is 14.6. The summed E-state index contributed by atoms with van der Waals surface area (Å²) in [6.45, 7) is 7.27. The molecule has 0 bridgehead atoms. The molecule has 3 aromatic heterocycles. The lowest BCUT2D eigenvalue weighted by Gasteiger charge is -2.22. The van der Waals surface area contributed by atoms with Crippen molar-refractivity contribution in [1.82, 2.24) is 24.6 Å². The number of carbonyl (C=O) groups is 1. The molecule has 6 nitrogen and oxygen atoms in total. The normalized spacial score (nSPS) is 11.2. The Hall–Kier alpha value is -3.54. The Morgan fingerprint density at radius 2 is 1.97 bits per heavy atom. The summed E-state index contributed by atoms with van der Waals surface area (Å²) < 4.78 is 1.90. The van der Waals surface area contributed by atoms with Gasteiger partial charge in [0, 0.05) is 48.7 Å². The maximum Gasteiger partial charge on any atom is 0.254 e. The molecule has 0 saturated heterocycles. The van der Waals surface area contributed by atoms with Crippen LogP contribution in [0, 0.1) is 0 Å². The molecule has 30 heavy (non-hydrogen) atoms.